The van der Waals surface area contributed by atoms with E-state index < -0.39 is 0 Å². The lowest BCUT2D eigenvalue weighted by atomic mass is 10.0. The second-order valence-corrected chi connectivity index (χ2v) is 5.41. The largest absolute Gasteiger partial charge is 0.357 e. The maximum atomic E-state index is 11.7. The Kier molecular flexibility index (Phi) is 2.34. The van der Waals surface area contributed by atoms with Gasteiger partial charge in [-0.3, -0.25) is 4.79 Å². The molecule has 2 aromatic rings. The summed E-state index contributed by atoms with van der Waals surface area (Å²) in [4.78, 5) is 13.9. The molecule has 1 fully saturated rings. The van der Waals surface area contributed by atoms with Crippen LogP contribution in [0.25, 0.3) is 11.1 Å². The maximum Gasteiger partial charge on any atom is 0.179 e. The predicted octanol–water partition coefficient (Wildman–Crippen LogP) is 3.20. The summed E-state index contributed by atoms with van der Waals surface area (Å²) >= 11 is 0. The zero-order valence-corrected chi connectivity index (χ0v) is 11.2. The molecule has 2 heteroatoms. The number of hydrogen-bond acceptors (Lipinski definition) is 2. The van der Waals surface area contributed by atoms with E-state index in [2.05, 4.69) is 53.9 Å². The van der Waals surface area contributed by atoms with Crippen LogP contribution in [0, 0.1) is 0 Å². The van der Waals surface area contributed by atoms with Gasteiger partial charge >= 0.3 is 0 Å². The highest BCUT2D eigenvalue weighted by atomic mass is 16.1. The molecule has 1 unspecified atom stereocenters. The van der Waals surface area contributed by atoms with Crippen molar-refractivity contribution in [3.8, 4) is 11.1 Å². The number of rotatable bonds is 3. The van der Waals surface area contributed by atoms with Gasteiger partial charge in [0, 0.05) is 18.7 Å². The van der Waals surface area contributed by atoms with Crippen molar-refractivity contribution in [2.24, 2.45) is 0 Å². The van der Waals surface area contributed by atoms with Crippen molar-refractivity contribution in [1.82, 2.24) is 0 Å². The second-order valence-electron chi connectivity index (χ2n) is 5.41. The fourth-order valence-electron chi connectivity index (χ4n) is 3.19. The van der Waals surface area contributed by atoms with Gasteiger partial charge < -0.3 is 4.90 Å². The fourth-order valence-corrected chi connectivity index (χ4v) is 3.19. The van der Waals surface area contributed by atoms with Gasteiger partial charge in [0.1, 0.15) is 6.04 Å². The third-order valence-electron chi connectivity index (χ3n) is 4.28. The molecule has 0 amide bonds. The Morgan fingerprint density at radius 2 is 1.95 bits per heavy atom. The summed E-state index contributed by atoms with van der Waals surface area (Å²) in [5.41, 5.74) is 6.59. The van der Waals surface area contributed by atoms with Gasteiger partial charge in [-0.05, 0) is 34.4 Å². The molecular formula is C18H15NO. The molecule has 0 aromatic heterocycles. The monoisotopic (exact) mass is 261 g/mol. The standard InChI is InChI=1S/C18H15NO/c1-2-18(20)17-11-19(17)16-9-5-8-14-13-7-4-3-6-12(13)10-15(14)16/h2-9,17H,1,10-11H2. The Morgan fingerprint density at radius 1 is 1.15 bits per heavy atom. The molecule has 4 rings (SSSR count). The summed E-state index contributed by atoms with van der Waals surface area (Å²) in [5, 5.41) is 0. The first-order chi connectivity index (χ1) is 9.79. The maximum absolute atomic E-state index is 11.7. The molecule has 1 aliphatic heterocycles. The van der Waals surface area contributed by atoms with Crippen LogP contribution in [-0.2, 0) is 11.2 Å². The number of carbonyl (C=O) groups excluding carboxylic acids is 1. The van der Waals surface area contributed by atoms with E-state index in [0.717, 1.165) is 13.0 Å². The Labute approximate surface area is 118 Å². The summed E-state index contributed by atoms with van der Waals surface area (Å²) in [6, 6.07) is 14.9. The van der Waals surface area contributed by atoms with E-state index in [0.29, 0.717) is 0 Å². The molecule has 2 nitrogen and oxygen atoms in total. The zero-order valence-electron chi connectivity index (χ0n) is 11.2. The number of carbonyl (C=O) groups is 1. The van der Waals surface area contributed by atoms with E-state index >= 15 is 0 Å². The lowest BCUT2D eigenvalue weighted by Gasteiger charge is -2.10. The Bertz CT molecular complexity index is 732. The summed E-state index contributed by atoms with van der Waals surface area (Å²) in [7, 11) is 0. The highest BCUT2D eigenvalue weighted by Gasteiger charge is 2.40. The number of fused-ring (bicyclic) bond motifs is 3. The van der Waals surface area contributed by atoms with Gasteiger partial charge in [-0.2, -0.15) is 0 Å². The van der Waals surface area contributed by atoms with Crippen LogP contribution in [0.4, 0.5) is 5.69 Å². The summed E-state index contributed by atoms with van der Waals surface area (Å²) in [6.45, 7) is 4.40. The minimum atomic E-state index is 0.00251. The average molecular weight is 261 g/mol. The van der Waals surface area contributed by atoms with Crippen molar-refractivity contribution in [3.05, 3.63) is 66.2 Å². The van der Waals surface area contributed by atoms with Crippen LogP contribution in [0.3, 0.4) is 0 Å². The number of nitrogens with zero attached hydrogens (tertiary/aromatic N) is 1. The highest BCUT2D eigenvalue weighted by Crippen LogP contribution is 2.43. The molecule has 0 radical (unpaired) electrons. The van der Waals surface area contributed by atoms with Crippen molar-refractivity contribution in [1.29, 1.82) is 0 Å². The minimum absolute atomic E-state index is 0.00251. The van der Waals surface area contributed by atoms with Crippen LogP contribution in [0.15, 0.2) is 55.1 Å². The molecule has 20 heavy (non-hydrogen) atoms. The molecule has 2 aliphatic rings. The van der Waals surface area contributed by atoms with Crippen LogP contribution in [0.2, 0.25) is 0 Å². The third-order valence-corrected chi connectivity index (χ3v) is 4.28. The van der Waals surface area contributed by atoms with Gasteiger partial charge in [-0.1, -0.05) is 43.0 Å². The van der Waals surface area contributed by atoms with Gasteiger partial charge in [0.05, 0.1) is 0 Å². The van der Waals surface area contributed by atoms with Crippen molar-refractivity contribution in [2.45, 2.75) is 12.5 Å². The van der Waals surface area contributed by atoms with Crippen molar-refractivity contribution >= 4 is 11.5 Å². The summed E-state index contributed by atoms with van der Waals surface area (Å²) < 4.78 is 0. The normalized spacial score (nSPS) is 18.4. The first kappa shape index (κ1) is 11.5. The Balaban J connectivity index is 1.76. The fraction of sp³-hybridized carbons (Fsp3) is 0.167. The predicted molar refractivity (Wildman–Crippen MR) is 81.0 cm³/mol. The van der Waals surface area contributed by atoms with Gasteiger partial charge in [-0.15, -0.1) is 0 Å². The third kappa shape index (κ3) is 1.54. The van der Waals surface area contributed by atoms with Crippen molar-refractivity contribution in [3.63, 3.8) is 0 Å². The number of benzene rings is 2. The van der Waals surface area contributed by atoms with Crippen LogP contribution in [-0.4, -0.2) is 18.4 Å². The van der Waals surface area contributed by atoms with Crippen molar-refractivity contribution in [2.75, 3.05) is 11.4 Å². The molecule has 0 spiro atoms. The van der Waals surface area contributed by atoms with Gasteiger partial charge in [0.2, 0.25) is 0 Å². The van der Waals surface area contributed by atoms with Crippen LogP contribution in [0.5, 0.6) is 0 Å². The number of hydrogen-bond donors (Lipinski definition) is 0. The number of anilines is 1. The topological polar surface area (TPSA) is 20.1 Å². The second kappa shape index (κ2) is 4.07. The molecule has 0 bridgehead atoms. The summed E-state index contributed by atoms with van der Waals surface area (Å²) in [5.74, 6) is 0.123. The van der Waals surface area contributed by atoms with Gasteiger partial charge in [-0.25, -0.2) is 0 Å². The number of ketones is 1. The smallest absolute Gasteiger partial charge is 0.179 e. The minimum Gasteiger partial charge on any atom is -0.357 e. The van der Waals surface area contributed by atoms with E-state index in [4.69, 9.17) is 0 Å². The first-order valence-electron chi connectivity index (χ1n) is 6.92. The van der Waals surface area contributed by atoms with Crippen LogP contribution >= 0.6 is 0 Å². The quantitative estimate of drug-likeness (QED) is 0.533. The van der Waals surface area contributed by atoms with E-state index in [1.54, 1.807) is 0 Å². The van der Waals surface area contributed by atoms with Crippen LogP contribution < -0.4 is 4.90 Å². The van der Waals surface area contributed by atoms with Crippen LogP contribution in [0.1, 0.15) is 11.1 Å². The Morgan fingerprint density at radius 3 is 2.80 bits per heavy atom. The molecule has 1 atom stereocenters. The first-order valence-corrected chi connectivity index (χ1v) is 6.92. The summed E-state index contributed by atoms with van der Waals surface area (Å²) in [6.07, 6.45) is 2.40. The molecule has 1 aliphatic carbocycles. The molecule has 1 saturated heterocycles. The molecule has 0 N–H and O–H groups in total. The molecule has 0 saturated carbocycles. The van der Waals surface area contributed by atoms with E-state index in [9.17, 15) is 4.79 Å². The molecule has 2 aromatic carbocycles. The molecule has 98 valence electrons. The van der Waals surface area contributed by atoms with Crippen molar-refractivity contribution < 1.29 is 4.79 Å². The average Bonchev–Trinajstić information content (AvgIpc) is 3.19. The highest BCUT2D eigenvalue weighted by molar-refractivity contribution is 6.01. The van der Waals surface area contributed by atoms with Gasteiger partial charge in [0.15, 0.2) is 5.78 Å². The molecule has 1 heterocycles. The lowest BCUT2D eigenvalue weighted by molar-refractivity contribution is -0.113. The van der Waals surface area contributed by atoms with E-state index in [-0.39, 0.29) is 11.8 Å². The Hall–Kier alpha value is -2.35. The molecular weight excluding hydrogens is 246 g/mol. The van der Waals surface area contributed by atoms with E-state index in [1.165, 1.54) is 34.0 Å². The zero-order chi connectivity index (χ0) is 13.7. The van der Waals surface area contributed by atoms with Gasteiger partial charge in [0.25, 0.3) is 0 Å². The SMILES string of the molecule is C=CC(=O)C1CN1c1cccc2c1Cc1ccccc1-2. The van der Waals surface area contributed by atoms with E-state index in [1.807, 2.05) is 0 Å². The lowest BCUT2D eigenvalue weighted by Crippen LogP contribution is -2.10.